The molecule has 0 aromatic heterocycles. The maximum absolute atomic E-state index is 3.50. The van der Waals surface area contributed by atoms with Gasteiger partial charge in [0.2, 0.25) is 0 Å². The lowest BCUT2D eigenvalue weighted by Gasteiger charge is -2.29. The van der Waals surface area contributed by atoms with Crippen LogP contribution in [0.25, 0.3) is 0 Å². The van der Waals surface area contributed by atoms with Gasteiger partial charge in [-0.1, -0.05) is 20.3 Å². The Balaban J connectivity index is 1.89. The normalized spacial score (nSPS) is 37.1. The van der Waals surface area contributed by atoms with Gasteiger partial charge in [-0.3, -0.25) is 4.90 Å². The minimum Gasteiger partial charge on any atom is -0.316 e. The second kappa shape index (κ2) is 4.19. The van der Waals surface area contributed by atoms with Crippen LogP contribution in [0, 0.1) is 17.8 Å². The molecule has 2 nitrogen and oxygen atoms in total. The lowest BCUT2D eigenvalue weighted by atomic mass is 10.00. The topological polar surface area (TPSA) is 15.3 Å². The molecule has 2 aliphatic heterocycles. The molecule has 14 heavy (non-hydrogen) atoms. The Morgan fingerprint density at radius 3 is 2.29 bits per heavy atom. The van der Waals surface area contributed by atoms with E-state index in [9.17, 15) is 0 Å². The predicted octanol–water partition coefficient (Wildman–Crippen LogP) is 1.57. The van der Waals surface area contributed by atoms with Gasteiger partial charge in [0.15, 0.2) is 0 Å². The van der Waals surface area contributed by atoms with E-state index in [1.807, 2.05) is 0 Å². The van der Waals surface area contributed by atoms with Crippen molar-refractivity contribution in [1.82, 2.24) is 10.2 Å². The summed E-state index contributed by atoms with van der Waals surface area (Å²) in [6.45, 7) is 12.3. The van der Waals surface area contributed by atoms with Gasteiger partial charge in [0.25, 0.3) is 0 Å². The number of hydrogen-bond acceptors (Lipinski definition) is 2. The highest BCUT2D eigenvalue weighted by Crippen LogP contribution is 2.29. The highest BCUT2D eigenvalue weighted by molar-refractivity contribution is 4.93. The minimum atomic E-state index is 0.783. The molecule has 0 spiro atoms. The van der Waals surface area contributed by atoms with Crippen LogP contribution in [-0.4, -0.2) is 37.1 Å². The van der Waals surface area contributed by atoms with E-state index in [0.717, 1.165) is 23.8 Å². The van der Waals surface area contributed by atoms with E-state index < -0.39 is 0 Å². The molecule has 0 aromatic rings. The molecule has 0 saturated carbocycles. The van der Waals surface area contributed by atoms with E-state index in [0.29, 0.717) is 0 Å². The van der Waals surface area contributed by atoms with Crippen molar-refractivity contribution in [2.24, 2.45) is 17.8 Å². The Bertz CT molecular complexity index is 181. The number of likely N-dealkylation sites (tertiary alicyclic amines) is 1. The smallest absolute Gasteiger partial charge is 0.00927 e. The number of nitrogens with one attached hydrogen (secondary N) is 1. The number of hydrogen-bond donors (Lipinski definition) is 1. The van der Waals surface area contributed by atoms with Gasteiger partial charge in [-0.2, -0.15) is 0 Å². The molecule has 2 heterocycles. The molecule has 82 valence electrons. The standard InChI is InChI=1S/C12H24N2/c1-4-9(2)10(3)14-7-11-5-13-6-12(11)8-14/h9-13H,4-8H2,1-3H3. The molecule has 0 aliphatic carbocycles. The van der Waals surface area contributed by atoms with Crippen molar-refractivity contribution in [3.05, 3.63) is 0 Å². The summed E-state index contributed by atoms with van der Waals surface area (Å²) in [4.78, 5) is 2.71. The Morgan fingerprint density at radius 2 is 1.79 bits per heavy atom. The van der Waals surface area contributed by atoms with Crippen molar-refractivity contribution in [2.75, 3.05) is 26.2 Å². The average molecular weight is 196 g/mol. The van der Waals surface area contributed by atoms with Gasteiger partial charge in [0.05, 0.1) is 0 Å². The summed E-state index contributed by atoms with van der Waals surface area (Å²) in [5.74, 6) is 2.74. The Morgan fingerprint density at radius 1 is 1.21 bits per heavy atom. The molecular weight excluding hydrogens is 172 g/mol. The summed E-state index contributed by atoms with van der Waals surface area (Å²) >= 11 is 0. The van der Waals surface area contributed by atoms with Crippen LogP contribution >= 0.6 is 0 Å². The van der Waals surface area contributed by atoms with Crippen LogP contribution in [0.3, 0.4) is 0 Å². The maximum Gasteiger partial charge on any atom is 0.00927 e. The molecule has 1 N–H and O–H groups in total. The van der Waals surface area contributed by atoms with Gasteiger partial charge in [-0.15, -0.1) is 0 Å². The maximum atomic E-state index is 3.50. The van der Waals surface area contributed by atoms with Crippen molar-refractivity contribution < 1.29 is 0 Å². The van der Waals surface area contributed by atoms with E-state index >= 15 is 0 Å². The van der Waals surface area contributed by atoms with Crippen LogP contribution in [0.15, 0.2) is 0 Å². The number of fused-ring (bicyclic) bond motifs is 1. The highest BCUT2D eigenvalue weighted by Gasteiger charge is 2.38. The average Bonchev–Trinajstić information content (AvgIpc) is 2.74. The number of rotatable bonds is 3. The molecule has 2 saturated heterocycles. The molecule has 0 radical (unpaired) electrons. The first kappa shape index (κ1) is 10.4. The van der Waals surface area contributed by atoms with Gasteiger partial charge in [-0.05, 0) is 37.8 Å². The first-order valence-corrected chi connectivity index (χ1v) is 6.17. The summed E-state index contributed by atoms with van der Waals surface area (Å²) in [6.07, 6.45) is 1.31. The van der Waals surface area contributed by atoms with Crippen molar-refractivity contribution in [1.29, 1.82) is 0 Å². The van der Waals surface area contributed by atoms with Crippen LogP contribution in [0.2, 0.25) is 0 Å². The lowest BCUT2D eigenvalue weighted by molar-refractivity contribution is 0.183. The van der Waals surface area contributed by atoms with Gasteiger partial charge in [-0.25, -0.2) is 0 Å². The van der Waals surface area contributed by atoms with Crippen LogP contribution in [0.5, 0.6) is 0 Å². The summed E-state index contributed by atoms with van der Waals surface area (Å²) in [6, 6.07) is 0.783. The molecule has 2 aliphatic rings. The molecule has 4 atom stereocenters. The SMILES string of the molecule is CCC(C)C(C)N1CC2CNCC2C1. The third-order valence-electron chi connectivity index (χ3n) is 4.46. The Kier molecular flexibility index (Phi) is 3.13. The fraction of sp³-hybridized carbons (Fsp3) is 1.00. The monoisotopic (exact) mass is 196 g/mol. The molecule has 2 fully saturated rings. The van der Waals surface area contributed by atoms with E-state index in [-0.39, 0.29) is 0 Å². The first-order chi connectivity index (χ1) is 6.72. The summed E-state index contributed by atoms with van der Waals surface area (Å²) in [5, 5.41) is 3.50. The van der Waals surface area contributed by atoms with Gasteiger partial charge in [0, 0.05) is 19.1 Å². The number of nitrogens with zero attached hydrogens (tertiary/aromatic N) is 1. The predicted molar refractivity (Wildman–Crippen MR) is 60.3 cm³/mol. The van der Waals surface area contributed by atoms with Gasteiger partial charge in [0.1, 0.15) is 0 Å². The van der Waals surface area contributed by atoms with E-state index in [4.69, 9.17) is 0 Å². The van der Waals surface area contributed by atoms with Gasteiger partial charge >= 0.3 is 0 Å². The zero-order chi connectivity index (χ0) is 10.1. The van der Waals surface area contributed by atoms with Crippen LogP contribution in [0.1, 0.15) is 27.2 Å². The third kappa shape index (κ3) is 1.82. The van der Waals surface area contributed by atoms with Crippen molar-refractivity contribution in [2.45, 2.75) is 33.2 Å². The van der Waals surface area contributed by atoms with E-state index in [1.54, 1.807) is 0 Å². The molecule has 4 unspecified atom stereocenters. The summed E-state index contributed by atoms with van der Waals surface area (Å²) < 4.78 is 0. The van der Waals surface area contributed by atoms with Gasteiger partial charge < -0.3 is 5.32 Å². The van der Waals surface area contributed by atoms with Crippen LogP contribution in [0.4, 0.5) is 0 Å². The Hall–Kier alpha value is -0.0800. The van der Waals surface area contributed by atoms with Crippen molar-refractivity contribution in [3.63, 3.8) is 0 Å². The zero-order valence-corrected chi connectivity index (χ0v) is 9.79. The van der Waals surface area contributed by atoms with E-state index in [2.05, 4.69) is 31.0 Å². The van der Waals surface area contributed by atoms with Crippen molar-refractivity contribution in [3.8, 4) is 0 Å². The molecular formula is C12H24N2. The lowest BCUT2D eigenvalue weighted by Crippen LogP contribution is -2.37. The molecule has 2 rings (SSSR count). The highest BCUT2D eigenvalue weighted by atomic mass is 15.2. The summed E-state index contributed by atoms with van der Waals surface area (Å²) in [7, 11) is 0. The Labute approximate surface area is 88.1 Å². The largest absolute Gasteiger partial charge is 0.316 e. The quantitative estimate of drug-likeness (QED) is 0.737. The molecule has 0 aromatic carbocycles. The van der Waals surface area contributed by atoms with E-state index in [1.165, 1.54) is 32.6 Å². The third-order valence-corrected chi connectivity index (χ3v) is 4.46. The molecule has 2 heteroatoms. The summed E-state index contributed by atoms with van der Waals surface area (Å²) in [5.41, 5.74) is 0. The molecule has 0 bridgehead atoms. The molecule has 0 amide bonds. The van der Waals surface area contributed by atoms with Crippen LogP contribution in [-0.2, 0) is 0 Å². The zero-order valence-electron chi connectivity index (χ0n) is 9.79. The second-order valence-corrected chi connectivity index (χ2v) is 5.26. The minimum absolute atomic E-state index is 0.783. The second-order valence-electron chi connectivity index (χ2n) is 5.26. The van der Waals surface area contributed by atoms with Crippen molar-refractivity contribution >= 4 is 0 Å². The first-order valence-electron chi connectivity index (χ1n) is 6.17. The fourth-order valence-electron chi connectivity index (χ4n) is 2.93. The fourth-order valence-corrected chi connectivity index (χ4v) is 2.93. The van der Waals surface area contributed by atoms with Crippen LogP contribution < -0.4 is 5.32 Å².